The number of amides is 1. The van der Waals surface area contributed by atoms with Crippen molar-refractivity contribution in [3.63, 3.8) is 0 Å². The monoisotopic (exact) mass is 300 g/mol. The zero-order valence-corrected chi connectivity index (χ0v) is 11.4. The second-order valence-electron chi connectivity index (χ2n) is 3.78. The molecule has 0 heterocycles. The van der Waals surface area contributed by atoms with Gasteiger partial charge in [0.2, 0.25) is 5.91 Å². The van der Waals surface area contributed by atoms with Crippen molar-refractivity contribution in [3.8, 4) is 0 Å². The lowest BCUT2D eigenvalue weighted by molar-refractivity contribution is -0.122. The fourth-order valence-corrected chi connectivity index (χ4v) is 1.61. The van der Waals surface area contributed by atoms with Gasteiger partial charge in [0.15, 0.2) is 0 Å². The number of halogens is 1. The van der Waals surface area contributed by atoms with E-state index in [4.69, 9.17) is 10.5 Å². The van der Waals surface area contributed by atoms with E-state index in [9.17, 15) is 4.79 Å². The van der Waals surface area contributed by atoms with Crippen molar-refractivity contribution in [2.45, 2.75) is 13.5 Å². The average Bonchev–Trinajstić information content (AvgIpc) is 2.27. The lowest BCUT2D eigenvalue weighted by atomic mass is 10.1. The summed E-state index contributed by atoms with van der Waals surface area (Å²) in [7, 11) is 0. The van der Waals surface area contributed by atoms with E-state index in [1.165, 1.54) is 11.1 Å². The summed E-state index contributed by atoms with van der Waals surface area (Å²) >= 11 is 3.46. The molecule has 1 aromatic rings. The van der Waals surface area contributed by atoms with E-state index in [-0.39, 0.29) is 6.61 Å². The molecule has 0 atom stereocenters. The number of nitrogens with two attached hydrogens (primary N) is 1. The summed E-state index contributed by atoms with van der Waals surface area (Å²) in [6.07, 6.45) is 0. The predicted octanol–water partition coefficient (Wildman–Crippen LogP) is 1.35. The van der Waals surface area contributed by atoms with E-state index in [0.717, 1.165) is 11.0 Å². The molecule has 0 saturated heterocycles. The van der Waals surface area contributed by atoms with Crippen LogP contribution in [0.5, 0.6) is 0 Å². The van der Waals surface area contributed by atoms with Gasteiger partial charge in [-0.25, -0.2) is 0 Å². The maximum atomic E-state index is 10.4. The molecule has 94 valence electrons. The summed E-state index contributed by atoms with van der Waals surface area (Å²) in [5.74, 6) is -0.437. The minimum Gasteiger partial charge on any atom is -0.370 e. The molecule has 17 heavy (non-hydrogen) atoms. The van der Waals surface area contributed by atoms with Gasteiger partial charge in [-0.15, -0.1) is 0 Å². The van der Waals surface area contributed by atoms with E-state index in [1.54, 1.807) is 0 Å². The first kappa shape index (κ1) is 14.2. The van der Waals surface area contributed by atoms with Crippen LogP contribution >= 0.6 is 15.9 Å². The topological polar surface area (TPSA) is 64.3 Å². The smallest absolute Gasteiger partial charge is 0.243 e. The molecule has 0 bridgehead atoms. The van der Waals surface area contributed by atoms with Crippen LogP contribution < -0.4 is 11.1 Å². The van der Waals surface area contributed by atoms with Gasteiger partial charge in [-0.05, 0) is 24.1 Å². The Morgan fingerprint density at radius 1 is 1.53 bits per heavy atom. The summed E-state index contributed by atoms with van der Waals surface area (Å²) in [6.45, 7) is 4.01. The first-order valence-electron chi connectivity index (χ1n) is 5.41. The van der Waals surface area contributed by atoms with Crippen LogP contribution in [0.15, 0.2) is 22.7 Å². The van der Waals surface area contributed by atoms with Crippen molar-refractivity contribution in [2.24, 2.45) is 5.73 Å². The lowest BCUT2D eigenvalue weighted by Crippen LogP contribution is -2.23. The normalized spacial score (nSPS) is 10.5. The third kappa shape index (κ3) is 5.81. The molecular weight excluding hydrogens is 284 g/mol. The molecule has 0 radical (unpaired) electrons. The fraction of sp³-hybridized carbons (Fsp3) is 0.417. The van der Waals surface area contributed by atoms with Gasteiger partial charge in [-0.1, -0.05) is 28.1 Å². The molecule has 4 nitrogen and oxygen atoms in total. The number of carbonyl (C=O) groups is 1. The van der Waals surface area contributed by atoms with Crippen LogP contribution in [0, 0.1) is 6.92 Å². The number of ether oxygens (including phenoxy) is 1. The Bertz CT molecular complexity index is 383. The Morgan fingerprint density at radius 3 is 2.94 bits per heavy atom. The number of nitrogens with one attached hydrogen (secondary N) is 1. The van der Waals surface area contributed by atoms with Crippen LogP contribution in [0.25, 0.3) is 0 Å². The highest BCUT2D eigenvalue weighted by atomic mass is 79.9. The van der Waals surface area contributed by atoms with Crippen molar-refractivity contribution >= 4 is 21.8 Å². The maximum Gasteiger partial charge on any atom is 0.243 e. The number of primary amides is 1. The van der Waals surface area contributed by atoms with Crippen LogP contribution in [0.4, 0.5) is 0 Å². The Balaban J connectivity index is 2.18. The second kappa shape index (κ2) is 7.42. The van der Waals surface area contributed by atoms with Crippen molar-refractivity contribution in [1.82, 2.24) is 5.32 Å². The van der Waals surface area contributed by atoms with Gasteiger partial charge >= 0.3 is 0 Å². The fourth-order valence-electron chi connectivity index (χ4n) is 1.37. The molecule has 0 aliphatic heterocycles. The van der Waals surface area contributed by atoms with Gasteiger partial charge in [0, 0.05) is 17.6 Å². The molecule has 0 saturated carbocycles. The van der Waals surface area contributed by atoms with Gasteiger partial charge in [-0.3, -0.25) is 4.79 Å². The number of hydrogen-bond donors (Lipinski definition) is 2. The number of carbonyl (C=O) groups excluding carboxylic acids is 1. The van der Waals surface area contributed by atoms with Crippen LogP contribution in [-0.4, -0.2) is 25.7 Å². The quantitative estimate of drug-likeness (QED) is 0.747. The maximum absolute atomic E-state index is 10.4. The molecule has 0 aromatic heterocycles. The largest absolute Gasteiger partial charge is 0.370 e. The van der Waals surface area contributed by atoms with E-state index in [0.29, 0.717) is 13.2 Å². The van der Waals surface area contributed by atoms with Gasteiger partial charge < -0.3 is 15.8 Å². The molecule has 1 amide bonds. The molecular formula is C12H17BrN2O2. The average molecular weight is 301 g/mol. The zero-order chi connectivity index (χ0) is 12.7. The second-order valence-corrected chi connectivity index (χ2v) is 4.63. The summed E-state index contributed by atoms with van der Waals surface area (Å²) in [5, 5.41) is 3.23. The third-order valence-electron chi connectivity index (χ3n) is 2.22. The molecule has 0 unspecified atom stereocenters. The first-order chi connectivity index (χ1) is 8.09. The predicted molar refractivity (Wildman–Crippen MR) is 70.6 cm³/mol. The minimum atomic E-state index is -0.437. The van der Waals surface area contributed by atoms with E-state index in [1.807, 2.05) is 6.07 Å². The summed E-state index contributed by atoms with van der Waals surface area (Å²) < 4.78 is 6.15. The Kier molecular flexibility index (Phi) is 6.18. The summed E-state index contributed by atoms with van der Waals surface area (Å²) in [6, 6.07) is 6.23. The van der Waals surface area contributed by atoms with E-state index >= 15 is 0 Å². The van der Waals surface area contributed by atoms with Crippen molar-refractivity contribution in [1.29, 1.82) is 0 Å². The van der Waals surface area contributed by atoms with Gasteiger partial charge in [0.25, 0.3) is 0 Å². The summed E-state index contributed by atoms with van der Waals surface area (Å²) in [5.41, 5.74) is 7.38. The highest BCUT2D eigenvalue weighted by Gasteiger charge is 1.97. The molecule has 1 rings (SSSR count). The van der Waals surface area contributed by atoms with Gasteiger partial charge in [-0.2, -0.15) is 0 Å². The third-order valence-corrected chi connectivity index (χ3v) is 3.11. The number of hydrogen-bond acceptors (Lipinski definition) is 3. The molecule has 1 aromatic carbocycles. The Morgan fingerprint density at radius 2 is 2.29 bits per heavy atom. The van der Waals surface area contributed by atoms with Crippen molar-refractivity contribution in [3.05, 3.63) is 33.8 Å². The van der Waals surface area contributed by atoms with Crippen molar-refractivity contribution < 1.29 is 9.53 Å². The van der Waals surface area contributed by atoms with E-state index in [2.05, 4.69) is 40.3 Å². The minimum absolute atomic E-state index is 0.0148. The highest BCUT2D eigenvalue weighted by molar-refractivity contribution is 9.10. The van der Waals surface area contributed by atoms with Crippen LogP contribution in [0.2, 0.25) is 0 Å². The highest BCUT2D eigenvalue weighted by Crippen LogP contribution is 2.16. The lowest BCUT2D eigenvalue weighted by Gasteiger charge is -2.07. The molecule has 0 fully saturated rings. The Hall–Kier alpha value is -0.910. The number of aryl methyl sites for hydroxylation is 1. The summed E-state index contributed by atoms with van der Waals surface area (Å²) in [4.78, 5) is 10.4. The van der Waals surface area contributed by atoms with Gasteiger partial charge in [0.05, 0.1) is 6.61 Å². The van der Waals surface area contributed by atoms with Crippen LogP contribution in [0.1, 0.15) is 11.1 Å². The molecule has 5 heteroatoms. The van der Waals surface area contributed by atoms with Gasteiger partial charge in [0.1, 0.15) is 6.61 Å². The zero-order valence-electron chi connectivity index (χ0n) is 9.83. The number of rotatable bonds is 7. The molecule has 3 N–H and O–H groups in total. The first-order valence-corrected chi connectivity index (χ1v) is 6.20. The Labute approximate surface area is 110 Å². The van der Waals surface area contributed by atoms with E-state index < -0.39 is 5.91 Å². The standard InChI is InChI=1S/C12H17BrN2O2/c1-9-6-10(2-3-11(9)13)7-15-4-5-17-8-12(14)16/h2-3,6,15H,4-5,7-8H2,1H3,(H2,14,16). The molecule has 0 aliphatic rings. The molecule has 0 aliphatic carbocycles. The van der Waals surface area contributed by atoms with Crippen LogP contribution in [0.3, 0.4) is 0 Å². The van der Waals surface area contributed by atoms with Crippen molar-refractivity contribution in [2.75, 3.05) is 19.8 Å². The molecule has 0 spiro atoms. The van der Waals surface area contributed by atoms with Crippen LogP contribution in [-0.2, 0) is 16.1 Å². The SMILES string of the molecule is Cc1cc(CNCCOCC(N)=O)ccc1Br. The number of benzene rings is 1.